The van der Waals surface area contributed by atoms with Crippen molar-refractivity contribution in [3.05, 3.63) is 71.8 Å². The highest BCUT2D eigenvalue weighted by atomic mass is 16.2. The monoisotopic (exact) mass is 238 g/mol. The van der Waals surface area contributed by atoms with Crippen LogP contribution in [-0.2, 0) is 6.42 Å². The maximum atomic E-state index is 8.83. The van der Waals surface area contributed by atoms with Crippen molar-refractivity contribution in [1.82, 2.24) is 0 Å². The molecule has 0 spiro atoms. The Morgan fingerprint density at radius 1 is 0.944 bits per heavy atom. The Hall–Kier alpha value is -1.86. The zero-order valence-corrected chi connectivity index (χ0v) is 10.6. The summed E-state index contributed by atoms with van der Waals surface area (Å²) in [6.07, 6.45) is 2.75. The fourth-order valence-corrected chi connectivity index (χ4v) is 2.00. The first-order valence-corrected chi connectivity index (χ1v) is 6.20. The number of aliphatic hydroxyl groups is 1. The molecule has 0 fully saturated rings. The predicted molar refractivity (Wildman–Crippen MR) is 76.4 cm³/mol. The molecule has 18 heavy (non-hydrogen) atoms. The van der Waals surface area contributed by atoms with Gasteiger partial charge in [-0.15, -0.1) is 0 Å². The zero-order valence-electron chi connectivity index (χ0n) is 10.6. The van der Waals surface area contributed by atoms with Gasteiger partial charge in [-0.1, -0.05) is 66.2 Å². The Labute approximate surface area is 108 Å². The highest BCUT2D eigenvalue weighted by molar-refractivity contribution is 5.63. The van der Waals surface area contributed by atoms with Gasteiger partial charge in [0.1, 0.15) is 0 Å². The number of benzene rings is 2. The Balaban J connectivity index is 2.13. The maximum Gasteiger partial charge on any atom is 0.0615 e. The van der Waals surface area contributed by atoms with Crippen LogP contribution in [0.3, 0.4) is 0 Å². The number of rotatable bonds is 4. The first kappa shape index (κ1) is 12.6. The molecule has 0 saturated carbocycles. The first-order valence-electron chi connectivity index (χ1n) is 6.20. The van der Waals surface area contributed by atoms with Crippen LogP contribution < -0.4 is 0 Å². The molecule has 2 aromatic carbocycles. The fraction of sp³-hybridized carbons (Fsp3) is 0.176. The van der Waals surface area contributed by atoms with Crippen LogP contribution in [0.1, 0.15) is 12.5 Å². The number of hydrogen-bond donors (Lipinski definition) is 1. The van der Waals surface area contributed by atoms with E-state index >= 15 is 0 Å². The van der Waals surface area contributed by atoms with Crippen LogP contribution >= 0.6 is 0 Å². The molecule has 92 valence electrons. The van der Waals surface area contributed by atoms with Crippen LogP contribution in [0, 0.1) is 0 Å². The van der Waals surface area contributed by atoms with Crippen molar-refractivity contribution in [2.24, 2.45) is 0 Å². The molecule has 0 saturated heterocycles. The summed E-state index contributed by atoms with van der Waals surface area (Å²) in [6.45, 7) is 2.16. The summed E-state index contributed by atoms with van der Waals surface area (Å²) >= 11 is 0. The van der Waals surface area contributed by atoms with E-state index in [-0.39, 0.29) is 6.61 Å². The molecule has 0 aliphatic carbocycles. The maximum absolute atomic E-state index is 8.83. The van der Waals surface area contributed by atoms with Gasteiger partial charge in [-0.05, 0) is 30.0 Å². The van der Waals surface area contributed by atoms with Crippen molar-refractivity contribution in [3.63, 3.8) is 0 Å². The van der Waals surface area contributed by atoms with Crippen LogP contribution in [0.2, 0.25) is 0 Å². The second-order valence-corrected chi connectivity index (χ2v) is 4.47. The summed E-state index contributed by atoms with van der Waals surface area (Å²) in [6, 6.07) is 19.0. The van der Waals surface area contributed by atoms with Crippen LogP contribution in [0.25, 0.3) is 11.1 Å². The van der Waals surface area contributed by atoms with Gasteiger partial charge in [0, 0.05) is 0 Å². The van der Waals surface area contributed by atoms with Gasteiger partial charge in [-0.2, -0.15) is 0 Å². The lowest BCUT2D eigenvalue weighted by Gasteiger charge is -2.05. The van der Waals surface area contributed by atoms with E-state index in [0.717, 1.165) is 6.42 Å². The van der Waals surface area contributed by atoms with Gasteiger partial charge in [0.15, 0.2) is 0 Å². The van der Waals surface area contributed by atoms with E-state index in [0.29, 0.717) is 0 Å². The summed E-state index contributed by atoms with van der Waals surface area (Å²) < 4.78 is 0. The molecule has 1 nitrogen and oxygen atoms in total. The quantitative estimate of drug-likeness (QED) is 0.802. The van der Waals surface area contributed by atoms with Gasteiger partial charge in [0.25, 0.3) is 0 Å². The average Bonchev–Trinajstić information content (AvgIpc) is 2.41. The average molecular weight is 238 g/mol. The highest BCUT2D eigenvalue weighted by Gasteiger charge is 1.98. The molecule has 1 N–H and O–H groups in total. The van der Waals surface area contributed by atoms with E-state index in [4.69, 9.17) is 5.11 Å². The molecule has 2 aromatic rings. The molecule has 0 radical (unpaired) electrons. The lowest BCUT2D eigenvalue weighted by molar-refractivity contribution is 0.341. The van der Waals surface area contributed by atoms with Crippen molar-refractivity contribution in [2.75, 3.05) is 6.61 Å². The van der Waals surface area contributed by atoms with Crippen molar-refractivity contribution in [1.29, 1.82) is 0 Å². The molecule has 0 aliphatic heterocycles. The third-order valence-electron chi connectivity index (χ3n) is 2.98. The molecule has 0 atom stereocenters. The number of hydrogen-bond acceptors (Lipinski definition) is 1. The van der Waals surface area contributed by atoms with Gasteiger partial charge in [0.2, 0.25) is 0 Å². The van der Waals surface area contributed by atoms with Crippen LogP contribution in [-0.4, -0.2) is 11.7 Å². The van der Waals surface area contributed by atoms with Gasteiger partial charge in [-0.25, -0.2) is 0 Å². The van der Waals surface area contributed by atoms with E-state index in [9.17, 15) is 0 Å². The lowest BCUT2D eigenvalue weighted by atomic mass is 10.0. The lowest BCUT2D eigenvalue weighted by Crippen LogP contribution is -1.88. The molecule has 0 aromatic heterocycles. The highest BCUT2D eigenvalue weighted by Crippen LogP contribution is 2.20. The number of aliphatic hydroxyl groups excluding tert-OH is 1. The summed E-state index contributed by atoms with van der Waals surface area (Å²) in [4.78, 5) is 0. The van der Waals surface area contributed by atoms with Gasteiger partial charge < -0.3 is 5.11 Å². The smallest absolute Gasteiger partial charge is 0.0615 e. The van der Waals surface area contributed by atoms with Crippen molar-refractivity contribution >= 4 is 0 Å². The molecule has 0 unspecified atom stereocenters. The normalized spacial score (nSPS) is 11.6. The molecular formula is C17H18O. The van der Waals surface area contributed by atoms with E-state index < -0.39 is 0 Å². The van der Waals surface area contributed by atoms with Crippen LogP contribution in [0.15, 0.2) is 66.2 Å². The van der Waals surface area contributed by atoms with Crippen LogP contribution in [0.5, 0.6) is 0 Å². The SMILES string of the molecule is C/C(=C\CO)Cc1ccc(-c2ccccc2)cc1. The van der Waals surface area contributed by atoms with E-state index in [2.05, 4.69) is 48.5 Å². The predicted octanol–water partition coefficient (Wildman–Crippen LogP) is 3.83. The van der Waals surface area contributed by atoms with Gasteiger partial charge in [0.05, 0.1) is 6.61 Å². The molecule has 0 bridgehead atoms. The zero-order chi connectivity index (χ0) is 12.8. The van der Waals surface area contributed by atoms with Crippen molar-refractivity contribution < 1.29 is 5.11 Å². The van der Waals surface area contributed by atoms with Crippen molar-refractivity contribution in [3.8, 4) is 11.1 Å². The minimum Gasteiger partial charge on any atom is -0.392 e. The number of allylic oxidation sites excluding steroid dienone is 1. The minimum absolute atomic E-state index is 0.119. The molecule has 0 aliphatic rings. The Morgan fingerprint density at radius 2 is 1.56 bits per heavy atom. The van der Waals surface area contributed by atoms with Gasteiger partial charge >= 0.3 is 0 Å². The standard InChI is InChI=1S/C17H18O/c1-14(11-12-18)13-15-7-9-17(10-8-15)16-5-3-2-4-6-16/h2-11,18H,12-13H2,1H3/b14-11+. The largest absolute Gasteiger partial charge is 0.392 e. The Morgan fingerprint density at radius 3 is 2.17 bits per heavy atom. The summed E-state index contributed by atoms with van der Waals surface area (Å²) in [5.41, 5.74) is 4.96. The van der Waals surface area contributed by atoms with Crippen LogP contribution in [0.4, 0.5) is 0 Å². The van der Waals surface area contributed by atoms with E-state index in [1.165, 1.54) is 22.3 Å². The fourth-order valence-electron chi connectivity index (χ4n) is 2.00. The molecular weight excluding hydrogens is 220 g/mol. The van der Waals surface area contributed by atoms with Crippen molar-refractivity contribution in [2.45, 2.75) is 13.3 Å². The second-order valence-electron chi connectivity index (χ2n) is 4.47. The third-order valence-corrected chi connectivity index (χ3v) is 2.98. The molecule has 0 amide bonds. The molecule has 1 heteroatoms. The minimum atomic E-state index is 0.119. The molecule has 2 rings (SSSR count). The molecule has 0 heterocycles. The Kier molecular flexibility index (Phi) is 4.32. The van der Waals surface area contributed by atoms with Gasteiger partial charge in [-0.3, -0.25) is 0 Å². The summed E-state index contributed by atoms with van der Waals surface area (Å²) in [5, 5.41) is 8.83. The van der Waals surface area contributed by atoms with E-state index in [1.807, 2.05) is 19.1 Å². The second kappa shape index (κ2) is 6.18. The summed E-state index contributed by atoms with van der Waals surface area (Å²) in [5.74, 6) is 0. The Bertz CT molecular complexity index is 509. The van der Waals surface area contributed by atoms with E-state index in [1.54, 1.807) is 0 Å². The topological polar surface area (TPSA) is 20.2 Å². The summed E-state index contributed by atoms with van der Waals surface area (Å²) in [7, 11) is 0. The first-order chi connectivity index (χ1) is 8.79. The third kappa shape index (κ3) is 3.31.